The third-order valence-corrected chi connectivity index (χ3v) is 4.75. The summed E-state index contributed by atoms with van der Waals surface area (Å²) in [5, 5.41) is 18.0. The zero-order valence-corrected chi connectivity index (χ0v) is 15.8. The normalized spacial score (nSPS) is 11.1. The Morgan fingerprint density at radius 3 is 2.21 bits per heavy atom. The summed E-state index contributed by atoms with van der Waals surface area (Å²) in [6.45, 7) is 1.98. The summed E-state index contributed by atoms with van der Waals surface area (Å²) in [5.74, 6) is 0.244. The SMILES string of the molecule is CCN(C(=O)O)c1cc(N)c2nnn(C(c3ccccc3)c3ccccc3)c2n1. The minimum absolute atomic E-state index is 0.244. The van der Waals surface area contributed by atoms with Crippen LogP contribution in [0, 0.1) is 0 Å². The van der Waals surface area contributed by atoms with Crippen molar-refractivity contribution in [1.29, 1.82) is 0 Å². The number of anilines is 2. The van der Waals surface area contributed by atoms with Gasteiger partial charge in [-0.05, 0) is 18.1 Å². The van der Waals surface area contributed by atoms with E-state index in [1.165, 1.54) is 6.07 Å². The Hall–Kier alpha value is -3.94. The van der Waals surface area contributed by atoms with Crippen molar-refractivity contribution < 1.29 is 9.90 Å². The minimum atomic E-state index is -1.10. The van der Waals surface area contributed by atoms with Gasteiger partial charge >= 0.3 is 6.09 Å². The lowest BCUT2D eigenvalue weighted by Crippen LogP contribution is -2.29. The molecule has 8 nitrogen and oxygen atoms in total. The van der Waals surface area contributed by atoms with E-state index >= 15 is 0 Å². The van der Waals surface area contributed by atoms with Crippen molar-refractivity contribution in [1.82, 2.24) is 20.0 Å². The molecule has 146 valence electrons. The second-order valence-corrected chi connectivity index (χ2v) is 6.53. The molecule has 0 aliphatic rings. The summed E-state index contributed by atoms with van der Waals surface area (Å²) < 4.78 is 1.69. The monoisotopic (exact) mass is 388 g/mol. The first-order valence-corrected chi connectivity index (χ1v) is 9.22. The predicted octanol–water partition coefficient (Wildman–Crippen LogP) is 3.55. The van der Waals surface area contributed by atoms with Crippen molar-refractivity contribution in [2.24, 2.45) is 0 Å². The van der Waals surface area contributed by atoms with Crippen molar-refractivity contribution in [3.05, 3.63) is 77.9 Å². The largest absolute Gasteiger partial charge is 0.465 e. The van der Waals surface area contributed by atoms with E-state index in [0.29, 0.717) is 16.9 Å². The average molecular weight is 388 g/mol. The topological polar surface area (TPSA) is 110 Å². The number of nitrogens with two attached hydrogens (primary N) is 1. The van der Waals surface area contributed by atoms with Gasteiger partial charge in [-0.2, -0.15) is 0 Å². The fourth-order valence-electron chi connectivity index (χ4n) is 3.38. The lowest BCUT2D eigenvalue weighted by molar-refractivity contribution is 0.202. The van der Waals surface area contributed by atoms with Crippen LogP contribution in [0.25, 0.3) is 11.2 Å². The van der Waals surface area contributed by atoms with Gasteiger partial charge in [0.2, 0.25) is 0 Å². The third kappa shape index (κ3) is 3.36. The van der Waals surface area contributed by atoms with Crippen molar-refractivity contribution in [2.75, 3.05) is 17.2 Å². The fourth-order valence-corrected chi connectivity index (χ4v) is 3.38. The number of carbonyl (C=O) groups is 1. The van der Waals surface area contributed by atoms with Gasteiger partial charge in [0.15, 0.2) is 11.2 Å². The van der Waals surface area contributed by atoms with Gasteiger partial charge in [0, 0.05) is 12.6 Å². The predicted molar refractivity (Wildman–Crippen MR) is 111 cm³/mol. The maximum absolute atomic E-state index is 11.6. The van der Waals surface area contributed by atoms with Crippen LogP contribution in [0.1, 0.15) is 24.1 Å². The third-order valence-electron chi connectivity index (χ3n) is 4.75. The molecule has 2 heterocycles. The highest BCUT2D eigenvalue weighted by Crippen LogP contribution is 2.31. The smallest absolute Gasteiger partial charge is 0.413 e. The standard InChI is InChI=1S/C21H20N6O2/c1-2-26(21(28)29)17-13-16(22)18-20(23-17)27(25-24-18)19(14-9-5-3-6-10-14)15-11-7-4-8-12-15/h3-13,19H,2H2,1H3,(H2,22,23)(H,28,29). The first-order chi connectivity index (χ1) is 14.1. The second kappa shape index (κ2) is 7.59. The van der Waals surface area contributed by atoms with Gasteiger partial charge in [-0.1, -0.05) is 65.9 Å². The van der Waals surface area contributed by atoms with Gasteiger partial charge in [0.1, 0.15) is 11.9 Å². The Kier molecular flexibility index (Phi) is 4.82. The summed E-state index contributed by atoms with van der Waals surface area (Å²) in [6.07, 6.45) is -1.10. The van der Waals surface area contributed by atoms with Gasteiger partial charge in [-0.25, -0.2) is 14.5 Å². The van der Waals surface area contributed by atoms with E-state index in [0.717, 1.165) is 16.0 Å². The van der Waals surface area contributed by atoms with Gasteiger partial charge < -0.3 is 10.8 Å². The van der Waals surface area contributed by atoms with Gasteiger partial charge in [0.05, 0.1) is 5.69 Å². The maximum Gasteiger partial charge on any atom is 0.413 e. The molecule has 0 bridgehead atoms. The summed E-state index contributed by atoms with van der Waals surface area (Å²) >= 11 is 0. The van der Waals surface area contributed by atoms with E-state index in [9.17, 15) is 9.90 Å². The lowest BCUT2D eigenvalue weighted by atomic mass is 9.99. The summed E-state index contributed by atoms with van der Waals surface area (Å²) in [4.78, 5) is 17.3. The number of hydrogen-bond donors (Lipinski definition) is 2. The molecule has 0 aliphatic heterocycles. The molecule has 0 atom stereocenters. The molecule has 4 rings (SSSR count). The van der Waals surface area contributed by atoms with Crippen molar-refractivity contribution in [3.8, 4) is 0 Å². The van der Waals surface area contributed by atoms with E-state index in [1.54, 1.807) is 11.6 Å². The number of carboxylic acid groups (broad SMARTS) is 1. The van der Waals surface area contributed by atoms with Crippen LogP contribution < -0.4 is 10.6 Å². The molecule has 0 radical (unpaired) electrons. The molecule has 3 N–H and O–H groups in total. The van der Waals surface area contributed by atoms with Crippen LogP contribution in [0.2, 0.25) is 0 Å². The number of nitrogens with zero attached hydrogens (tertiary/aromatic N) is 5. The van der Waals surface area contributed by atoms with Crippen LogP contribution in [-0.4, -0.2) is 37.7 Å². The molecule has 0 aliphatic carbocycles. The van der Waals surface area contributed by atoms with E-state index in [1.807, 2.05) is 60.7 Å². The Bertz CT molecular complexity index is 1100. The van der Waals surface area contributed by atoms with Crippen LogP contribution in [0.3, 0.4) is 0 Å². The van der Waals surface area contributed by atoms with Gasteiger partial charge in [0.25, 0.3) is 0 Å². The molecule has 0 spiro atoms. The summed E-state index contributed by atoms with van der Waals surface area (Å²) in [5.41, 5.74) is 9.36. The summed E-state index contributed by atoms with van der Waals surface area (Å²) in [6, 6.07) is 21.0. The lowest BCUT2D eigenvalue weighted by Gasteiger charge is -2.20. The maximum atomic E-state index is 11.6. The molecule has 2 aromatic carbocycles. The van der Waals surface area contributed by atoms with Crippen molar-refractivity contribution in [3.63, 3.8) is 0 Å². The molecule has 0 saturated carbocycles. The Labute approximate surface area is 167 Å². The van der Waals surface area contributed by atoms with E-state index in [2.05, 4.69) is 15.3 Å². The molecule has 1 amide bonds. The van der Waals surface area contributed by atoms with Crippen molar-refractivity contribution in [2.45, 2.75) is 13.0 Å². The molecular weight excluding hydrogens is 368 g/mol. The second-order valence-electron chi connectivity index (χ2n) is 6.53. The van der Waals surface area contributed by atoms with E-state index in [-0.39, 0.29) is 18.4 Å². The van der Waals surface area contributed by atoms with E-state index < -0.39 is 6.09 Å². The van der Waals surface area contributed by atoms with Crippen LogP contribution in [0.4, 0.5) is 16.3 Å². The zero-order chi connectivity index (χ0) is 20.4. The summed E-state index contributed by atoms with van der Waals surface area (Å²) in [7, 11) is 0. The quantitative estimate of drug-likeness (QED) is 0.541. The first kappa shape index (κ1) is 18.4. The van der Waals surface area contributed by atoms with Crippen LogP contribution in [0.15, 0.2) is 66.7 Å². The van der Waals surface area contributed by atoms with Crippen LogP contribution in [-0.2, 0) is 0 Å². The molecular formula is C21H20N6O2. The number of hydrogen-bond acceptors (Lipinski definition) is 5. The molecule has 0 unspecified atom stereocenters. The number of nitrogen functional groups attached to an aromatic ring is 1. The Morgan fingerprint density at radius 2 is 1.69 bits per heavy atom. The first-order valence-electron chi connectivity index (χ1n) is 9.22. The van der Waals surface area contributed by atoms with E-state index in [4.69, 9.17) is 5.73 Å². The van der Waals surface area contributed by atoms with Crippen LogP contribution in [0.5, 0.6) is 0 Å². The molecule has 2 aromatic heterocycles. The average Bonchev–Trinajstić information content (AvgIpc) is 3.14. The zero-order valence-electron chi connectivity index (χ0n) is 15.8. The number of fused-ring (bicyclic) bond motifs is 1. The van der Waals surface area contributed by atoms with Gasteiger partial charge in [-0.15, -0.1) is 5.10 Å². The highest BCUT2D eigenvalue weighted by atomic mass is 16.4. The number of aromatic nitrogens is 4. The molecule has 4 aromatic rings. The fraction of sp³-hybridized carbons (Fsp3) is 0.143. The molecule has 0 saturated heterocycles. The van der Waals surface area contributed by atoms with Crippen LogP contribution >= 0.6 is 0 Å². The Morgan fingerprint density at radius 1 is 1.10 bits per heavy atom. The van der Waals surface area contributed by atoms with Crippen molar-refractivity contribution >= 4 is 28.8 Å². The highest BCUT2D eigenvalue weighted by molar-refractivity contribution is 5.91. The molecule has 0 fully saturated rings. The molecule has 8 heteroatoms. The molecule has 29 heavy (non-hydrogen) atoms. The number of rotatable bonds is 5. The number of benzene rings is 2. The Balaban J connectivity index is 1.95. The van der Waals surface area contributed by atoms with Gasteiger partial charge in [-0.3, -0.25) is 4.90 Å². The number of pyridine rings is 1. The minimum Gasteiger partial charge on any atom is -0.465 e. The number of amides is 1. The highest BCUT2D eigenvalue weighted by Gasteiger charge is 2.24.